The van der Waals surface area contributed by atoms with Crippen LogP contribution >= 0.6 is 0 Å². The number of esters is 1. The van der Waals surface area contributed by atoms with Gasteiger partial charge in [-0.3, -0.25) is 0 Å². The molecule has 1 heterocycles. The van der Waals surface area contributed by atoms with E-state index in [1.165, 1.54) is 0 Å². The number of hydrogen-bond donors (Lipinski definition) is 0. The number of fused-ring (bicyclic) bond motifs is 1. The van der Waals surface area contributed by atoms with Crippen LogP contribution in [0.3, 0.4) is 0 Å². The van der Waals surface area contributed by atoms with Crippen molar-refractivity contribution >= 4 is 5.97 Å². The van der Waals surface area contributed by atoms with Crippen LogP contribution in [-0.4, -0.2) is 12.1 Å². The van der Waals surface area contributed by atoms with Gasteiger partial charge < -0.3 is 4.74 Å². The summed E-state index contributed by atoms with van der Waals surface area (Å²) in [6.45, 7) is 2.18. The Kier molecular flexibility index (Phi) is 0.803. The van der Waals surface area contributed by atoms with Gasteiger partial charge in [0.2, 0.25) is 0 Å². The topological polar surface area (TPSA) is 26.3 Å². The number of rotatable bonds is 0. The van der Waals surface area contributed by atoms with Crippen LogP contribution in [-0.2, 0) is 9.53 Å². The zero-order valence-electron chi connectivity index (χ0n) is 6.41. The molecule has 1 saturated heterocycles. The van der Waals surface area contributed by atoms with Crippen LogP contribution in [0, 0.1) is 17.8 Å². The van der Waals surface area contributed by atoms with Gasteiger partial charge in [-0.1, -0.05) is 13.0 Å². The minimum absolute atomic E-state index is 0.0492. The van der Waals surface area contributed by atoms with E-state index in [-0.39, 0.29) is 12.1 Å². The number of ether oxygens (including phenoxy) is 1. The van der Waals surface area contributed by atoms with Crippen molar-refractivity contribution in [3.63, 3.8) is 0 Å². The van der Waals surface area contributed by atoms with Crippen LogP contribution in [0.5, 0.6) is 0 Å². The summed E-state index contributed by atoms with van der Waals surface area (Å²) in [4.78, 5) is 11.1. The Morgan fingerprint density at radius 2 is 2.45 bits per heavy atom. The SMILES string of the molecule is CC1C2C=C3C(=O)OC1C3C2. The highest BCUT2D eigenvalue weighted by atomic mass is 16.6. The fourth-order valence-electron chi connectivity index (χ4n) is 2.73. The molecule has 11 heavy (non-hydrogen) atoms. The second-order valence-electron chi connectivity index (χ2n) is 3.86. The molecular weight excluding hydrogens is 140 g/mol. The van der Waals surface area contributed by atoms with Crippen molar-refractivity contribution < 1.29 is 9.53 Å². The van der Waals surface area contributed by atoms with Gasteiger partial charge in [0.05, 0.1) is 0 Å². The highest BCUT2D eigenvalue weighted by Gasteiger charge is 2.55. The van der Waals surface area contributed by atoms with Gasteiger partial charge >= 0.3 is 5.97 Å². The van der Waals surface area contributed by atoms with Crippen molar-refractivity contribution in [2.45, 2.75) is 19.4 Å². The monoisotopic (exact) mass is 150 g/mol. The molecule has 4 atom stereocenters. The molecule has 2 heteroatoms. The quantitative estimate of drug-likeness (QED) is 0.484. The van der Waals surface area contributed by atoms with Gasteiger partial charge in [0.15, 0.2) is 0 Å². The zero-order chi connectivity index (χ0) is 7.59. The molecule has 2 fully saturated rings. The van der Waals surface area contributed by atoms with E-state index in [4.69, 9.17) is 4.74 Å². The average Bonchev–Trinajstić information content (AvgIpc) is 2.53. The minimum atomic E-state index is -0.0492. The third-order valence-corrected chi connectivity index (χ3v) is 3.39. The molecule has 2 bridgehead atoms. The molecule has 0 aromatic heterocycles. The first kappa shape index (κ1) is 5.81. The smallest absolute Gasteiger partial charge is 0.334 e. The predicted octanol–water partition coefficient (Wildman–Crippen LogP) is 1.12. The number of hydrogen-bond acceptors (Lipinski definition) is 2. The Morgan fingerprint density at radius 3 is 3.09 bits per heavy atom. The number of allylic oxidation sites excluding steroid dienone is 1. The van der Waals surface area contributed by atoms with Crippen LogP contribution in [0.2, 0.25) is 0 Å². The molecule has 0 amide bonds. The van der Waals surface area contributed by atoms with E-state index in [2.05, 4.69) is 13.0 Å². The number of carbonyl (C=O) groups excluding carboxylic acids is 1. The molecule has 2 nitrogen and oxygen atoms in total. The standard InChI is InChI=1S/C9H10O2/c1-4-5-2-6-7(3-5)9(10)11-8(4)6/h3-6,8H,2H2,1H3. The molecule has 0 aromatic carbocycles. The van der Waals surface area contributed by atoms with E-state index in [1.54, 1.807) is 0 Å². The van der Waals surface area contributed by atoms with Crippen LogP contribution < -0.4 is 0 Å². The van der Waals surface area contributed by atoms with Gasteiger partial charge in [-0.05, 0) is 12.3 Å². The lowest BCUT2D eigenvalue weighted by Gasteiger charge is -2.16. The Balaban J connectivity index is 2.15. The van der Waals surface area contributed by atoms with Gasteiger partial charge in [0.25, 0.3) is 0 Å². The molecule has 1 aliphatic heterocycles. The van der Waals surface area contributed by atoms with Crippen LogP contribution in [0.25, 0.3) is 0 Å². The van der Waals surface area contributed by atoms with Crippen molar-refractivity contribution in [3.8, 4) is 0 Å². The summed E-state index contributed by atoms with van der Waals surface area (Å²) in [6, 6.07) is 0. The van der Waals surface area contributed by atoms with E-state index in [0.717, 1.165) is 12.0 Å². The molecule has 3 rings (SSSR count). The first-order valence-electron chi connectivity index (χ1n) is 4.20. The van der Waals surface area contributed by atoms with Crippen molar-refractivity contribution in [2.24, 2.45) is 17.8 Å². The summed E-state index contributed by atoms with van der Waals surface area (Å²) < 4.78 is 5.24. The molecular formula is C9H10O2. The molecule has 1 saturated carbocycles. The fourth-order valence-corrected chi connectivity index (χ4v) is 2.73. The maximum atomic E-state index is 11.1. The third kappa shape index (κ3) is 0.492. The van der Waals surface area contributed by atoms with E-state index < -0.39 is 0 Å². The summed E-state index contributed by atoms with van der Waals surface area (Å²) in [6.07, 6.45) is 3.51. The van der Waals surface area contributed by atoms with E-state index in [9.17, 15) is 4.79 Å². The first-order chi connectivity index (χ1) is 5.27. The summed E-state index contributed by atoms with van der Waals surface area (Å²) in [5.41, 5.74) is 0.970. The highest BCUT2D eigenvalue weighted by Crippen LogP contribution is 2.53. The normalized spacial score (nSPS) is 51.4. The van der Waals surface area contributed by atoms with Gasteiger partial charge in [-0.25, -0.2) is 4.79 Å². The number of carbonyl (C=O) groups is 1. The predicted molar refractivity (Wildman–Crippen MR) is 38.7 cm³/mol. The summed E-state index contributed by atoms with van der Waals surface area (Å²) >= 11 is 0. The zero-order valence-corrected chi connectivity index (χ0v) is 6.41. The molecule has 0 spiro atoms. The Morgan fingerprint density at radius 1 is 1.64 bits per heavy atom. The average molecular weight is 150 g/mol. The molecule has 0 N–H and O–H groups in total. The van der Waals surface area contributed by atoms with Crippen molar-refractivity contribution in [1.29, 1.82) is 0 Å². The fraction of sp³-hybridized carbons (Fsp3) is 0.667. The second-order valence-corrected chi connectivity index (χ2v) is 3.86. The molecule has 3 aliphatic rings. The highest BCUT2D eigenvalue weighted by molar-refractivity contribution is 5.92. The summed E-state index contributed by atoms with van der Waals surface area (Å²) in [5, 5.41) is 0. The Bertz CT molecular complexity index is 267. The molecule has 2 aliphatic carbocycles. The van der Waals surface area contributed by atoms with Crippen LogP contribution in [0.4, 0.5) is 0 Å². The first-order valence-corrected chi connectivity index (χ1v) is 4.20. The van der Waals surface area contributed by atoms with Crippen molar-refractivity contribution in [1.82, 2.24) is 0 Å². The molecule has 58 valence electrons. The van der Waals surface area contributed by atoms with E-state index in [1.807, 2.05) is 0 Å². The molecule has 0 radical (unpaired) electrons. The Hall–Kier alpha value is -0.790. The largest absolute Gasteiger partial charge is 0.458 e. The van der Waals surface area contributed by atoms with Gasteiger partial charge in [-0.2, -0.15) is 0 Å². The van der Waals surface area contributed by atoms with E-state index in [0.29, 0.717) is 17.8 Å². The lowest BCUT2D eigenvalue weighted by atomic mass is 9.91. The van der Waals surface area contributed by atoms with E-state index >= 15 is 0 Å². The maximum Gasteiger partial charge on any atom is 0.334 e. The van der Waals surface area contributed by atoms with Gasteiger partial charge in [-0.15, -0.1) is 0 Å². The van der Waals surface area contributed by atoms with Gasteiger partial charge in [0, 0.05) is 17.4 Å². The van der Waals surface area contributed by atoms with Gasteiger partial charge in [0.1, 0.15) is 6.10 Å². The minimum Gasteiger partial charge on any atom is -0.458 e. The molecule has 0 aromatic rings. The summed E-state index contributed by atoms with van der Waals surface area (Å²) in [5.74, 6) is 1.61. The van der Waals surface area contributed by atoms with Crippen LogP contribution in [0.15, 0.2) is 11.6 Å². The lowest BCUT2D eigenvalue weighted by molar-refractivity contribution is -0.140. The Labute approximate surface area is 65.2 Å². The van der Waals surface area contributed by atoms with Crippen molar-refractivity contribution in [3.05, 3.63) is 11.6 Å². The van der Waals surface area contributed by atoms with Crippen molar-refractivity contribution in [2.75, 3.05) is 0 Å². The van der Waals surface area contributed by atoms with Crippen LogP contribution in [0.1, 0.15) is 13.3 Å². The second kappa shape index (κ2) is 1.52. The lowest BCUT2D eigenvalue weighted by Crippen LogP contribution is -2.20. The molecule has 4 unspecified atom stereocenters. The maximum absolute atomic E-state index is 11.1. The summed E-state index contributed by atoms with van der Waals surface area (Å²) in [7, 11) is 0. The third-order valence-electron chi connectivity index (χ3n) is 3.39.